The van der Waals surface area contributed by atoms with Gasteiger partial charge in [0.1, 0.15) is 0 Å². The number of hydrogen-bond donors (Lipinski definition) is 0. The van der Waals surface area contributed by atoms with Crippen LogP contribution in [0.3, 0.4) is 0 Å². The number of nitrogens with zero attached hydrogens (tertiary/aromatic N) is 2. The summed E-state index contributed by atoms with van der Waals surface area (Å²) in [5, 5.41) is 0. The van der Waals surface area contributed by atoms with E-state index < -0.39 is 0 Å². The summed E-state index contributed by atoms with van der Waals surface area (Å²) < 4.78 is 0. The van der Waals surface area contributed by atoms with Gasteiger partial charge in [-0.05, 0) is 6.92 Å². The Morgan fingerprint density at radius 1 is 1.33 bits per heavy atom. The van der Waals surface area contributed by atoms with Crippen molar-refractivity contribution in [2.45, 2.75) is 6.92 Å². The van der Waals surface area contributed by atoms with E-state index in [0.717, 1.165) is 12.4 Å². The maximum absolute atomic E-state index is 3.88. The molecule has 9 heavy (non-hydrogen) atoms. The van der Waals surface area contributed by atoms with Crippen molar-refractivity contribution in [3.05, 3.63) is 12.4 Å². The lowest BCUT2D eigenvalue weighted by Crippen LogP contribution is -2.26. The molecule has 0 aromatic carbocycles. The minimum Gasteiger partial charge on any atom is -0.365 e. The van der Waals surface area contributed by atoms with Crippen LogP contribution in [0.2, 0.25) is 0 Å². The summed E-state index contributed by atoms with van der Waals surface area (Å²) in [7, 11) is 6.02. The van der Waals surface area contributed by atoms with Crippen molar-refractivity contribution in [1.82, 2.24) is 9.80 Å². The fraction of sp³-hybridized carbons (Fsp3) is 0.714. The Morgan fingerprint density at radius 2 is 1.78 bits per heavy atom. The Kier molecular flexibility index (Phi) is 3.13. The van der Waals surface area contributed by atoms with Crippen LogP contribution in [0.4, 0.5) is 0 Å². The van der Waals surface area contributed by atoms with Gasteiger partial charge >= 0.3 is 0 Å². The van der Waals surface area contributed by atoms with Crippen LogP contribution in [-0.4, -0.2) is 37.5 Å². The zero-order chi connectivity index (χ0) is 7.44. The van der Waals surface area contributed by atoms with Crippen LogP contribution in [0.25, 0.3) is 0 Å². The van der Waals surface area contributed by atoms with E-state index in [9.17, 15) is 0 Å². The highest BCUT2D eigenvalue weighted by Crippen LogP contribution is 1.98. The molecule has 0 rings (SSSR count). The Hall–Kier alpha value is -0.660. The van der Waals surface area contributed by atoms with Gasteiger partial charge in [-0.2, -0.15) is 0 Å². The van der Waals surface area contributed by atoms with Gasteiger partial charge in [-0.25, -0.2) is 0 Å². The van der Waals surface area contributed by atoms with Crippen LogP contribution >= 0.6 is 0 Å². The topological polar surface area (TPSA) is 6.48 Å². The van der Waals surface area contributed by atoms with Crippen molar-refractivity contribution in [3.63, 3.8) is 0 Å². The Bertz CT molecular complexity index is 97.1. The Labute approximate surface area is 57.8 Å². The fourth-order valence-electron chi connectivity index (χ4n) is 0.524. The normalized spacial score (nSPS) is 8.89. The lowest BCUT2D eigenvalue weighted by Gasteiger charge is -2.25. The van der Waals surface area contributed by atoms with E-state index in [4.69, 9.17) is 0 Å². The molecule has 0 aromatic rings. The van der Waals surface area contributed by atoms with Crippen molar-refractivity contribution < 1.29 is 0 Å². The molecule has 0 aliphatic carbocycles. The van der Waals surface area contributed by atoms with E-state index in [-0.39, 0.29) is 0 Å². The maximum Gasteiger partial charge on any atom is 0.0957 e. The third-order valence-electron chi connectivity index (χ3n) is 1.43. The van der Waals surface area contributed by atoms with Crippen molar-refractivity contribution in [2.24, 2.45) is 0 Å². The third kappa shape index (κ3) is 2.40. The minimum atomic E-state index is 1.01. The van der Waals surface area contributed by atoms with E-state index in [1.54, 1.807) is 0 Å². The van der Waals surface area contributed by atoms with Crippen molar-refractivity contribution in [2.75, 3.05) is 27.7 Å². The molecule has 2 nitrogen and oxygen atoms in total. The molecule has 0 atom stereocenters. The Morgan fingerprint density at radius 3 is 1.89 bits per heavy atom. The minimum absolute atomic E-state index is 1.01. The average Bonchev–Trinajstić information content (AvgIpc) is 1.84. The molecule has 54 valence electrons. The molecule has 0 amide bonds. The van der Waals surface area contributed by atoms with E-state index >= 15 is 0 Å². The first kappa shape index (κ1) is 8.34. The first-order chi connectivity index (χ1) is 4.09. The highest BCUT2D eigenvalue weighted by molar-refractivity contribution is 4.87. The molecule has 0 heterocycles. The lowest BCUT2D eigenvalue weighted by molar-refractivity contribution is 0.313. The SMILES string of the molecule is C=C(N(C)C)N(C)CC. The summed E-state index contributed by atoms with van der Waals surface area (Å²) in [5.41, 5.74) is 0. The highest BCUT2D eigenvalue weighted by atomic mass is 15.3. The number of hydrogen-bond acceptors (Lipinski definition) is 2. The molecule has 0 spiro atoms. The highest BCUT2D eigenvalue weighted by Gasteiger charge is 1.98. The molecule has 0 saturated heterocycles. The van der Waals surface area contributed by atoms with Crippen LogP contribution < -0.4 is 0 Å². The van der Waals surface area contributed by atoms with Crippen molar-refractivity contribution in [1.29, 1.82) is 0 Å². The third-order valence-corrected chi connectivity index (χ3v) is 1.43. The standard InChI is InChI=1S/C7H16N2/c1-6-9(5)7(2)8(3)4/h2,6H2,1,3-5H3. The summed E-state index contributed by atoms with van der Waals surface area (Å²) in [6.45, 7) is 6.99. The smallest absolute Gasteiger partial charge is 0.0957 e. The van der Waals surface area contributed by atoms with Gasteiger partial charge in [-0.1, -0.05) is 6.58 Å². The van der Waals surface area contributed by atoms with Crippen LogP contribution in [0.15, 0.2) is 12.4 Å². The molecular formula is C7H16N2. The molecule has 0 aliphatic rings. The molecule has 0 fully saturated rings. The number of rotatable bonds is 3. The molecule has 0 N–H and O–H groups in total. The molecule has 0 aromatic heterocycles. The van der Waals surface area contributed by atoms with Gasteiger partial charge in [0.05, 0.1) is 5.82 Å². The molecule has 0 radical (unpaired) electrons. The largest absolute Gasteiger partial charge is 0.365 e. The molecular weight excluding hydrogens is 112 g/mol. The quantitative estimate of drug-likeness (QED) is 0.559. The summed E-state index contributed by atoms with van der Waals surface area (Å²) >= 11 is 0. The van der Waals surface area contributed by atoms with Crippen LogP contribution in [0, 0.1) is 0 Å². The van der Waals surface area contributed by atoms with Gasteiger partial charge in [-0.3, -0.25) is 0 Å². The average molecular weight is 128 g/mol. The van der Waals surface area contributed by atoms with Crippen molar-refractivity contribution in [3.8, 4) is 0 Å². The summed E-state index contributed by atoms with van der Waals surface area (Å²) in [6.07, 6.45) is 0. The summed E-state index contributed by atoms with van der Waals surface area (Å²) in [6, 6.07) is 0. The van der Waals surface area contributed by atoms with Gasteiger partial charge in [0, 0.05) is 27.7 Å². The lowest BCUT2D eigenvalue weighted by atomic mass is 10.5. The predicted molar refractivity (Wildman–Crippen MR) is 41.1 cm³/mol. The molecule has 0 aliphatic heterocycles. The van der Waals surface area contributed by atoms with Gasteiger partial charge < -0.3 is 9.80 Å². The second kappa shape index (κ2) is 3.38. The van der Waals surface area contributed by atoms with Gasteiger partial charge in [-0.15, -0.1) is 0 Å². The second-order valence-electron chi connectivity index (χ2n) is 2.32. The van der Waals surface area contributed by atoms with Crippen LogP contribution in [0.1, 0.15) is 6.92 Å². The van der Waals surface area contributed by atoms with Crippen LogP contribution in [-0.2, 0) is 0 Å². The monoisotopic (exact) mass is 128 g/mol. The summed E-state index contributed by atoms with van der Waals surface area (Å²) in [4.78, 5) is 4.10. The van der Waals surface area contributed by atoms with E-state index in [1.807, 2.05) is 26.0 Å². The second-order valence-corrected chi connectivity index (χ2v) is 2.32. The van der Waals surface area contributed by atoms with E-state index in [0.29, 0.717) is 0 Å². The van der Waals surface area contributed by atoms with Gasteiger partial charge in [0.2, 0.25) is 0 Å². The zero-order valence-corrected chi connectivity index (χ0v) is 6.81. The first-order valence-corrected chi connectivity index (χ1v) is 3.17. The van der Waals surface area contributed by atoms with E-state index in [1.165, 1.54) is 0 Å². The van der Waals surface area contributed by atoms with E-state index in [2.05, 4.69) is 18.4 Å². The fourth-order valence-corrected chi connectivity index (χ4v) is 0.524. The maximum atomic E-state index is 3.88. The molecule has 0 saturated carbocycles. The van der Waals surface area contributed by atoms with Crippen LogP contribution in [0.5, 0.6) is 0 Å². The van der Waals surface area contributed by atoms with Gasteiger partial charge in [0.15, 0.2) is 0 Å². The zero-order valence-electron chi connectivity index (χ0n) is 6.81. The molecule has 2 heteroatoms. The summed E-state index contributed by atoms with van der Waals surface area (Å²) in [5.74, 6) is 1.05. The predicted octanol–water partition coefficient (Wildman–Crippen LogP) is 0.971. The molecule has 0 unspecified atom stereocenters. The first-order valence-electron chi connectivity index (χ1n) is 3.17. The molecule has 0 bridgehead atoms. The van der Waals surface area contributed by atoms with Gasteiger partial charge in [0.25, 0.3) is 0 Å². The Balaban J connectivity index is 3.73. The van der Waals surface area contributed by atoms with Crippen molar-refractivity contribution >= 4 is 0 Å².